The third-order valence-corrected chi connectivity index (χ3v) is 3.71. The second-order valence-corrected chi connectivity index (χ2v) is 5.46. The predicted molar refractivity (Wildman–Crippen MR) is 86.9 cm³/mol. The van der Waals surface area contributed by atoms with Crippen LogP contribution in [0.4, 0.5) is 0 Å². The van der Waals surface area contributed by atoms with Crippen molar-refractivity contribution in [2.75, 3.05) is 0 Å². The van der Waals surface area contributed by atoms with E-state index in [1.54, 1.807) is 0 Å². The lowest BCUT2D eigenvalue weighted by Crippen LogP contribution is -1.90. The van der Waals surface area contributed by atoms with Gasteiger partial charge in [0.1, 0.15) is 0 Å². The van der Waals surface area contributed by atoms with E-state index in [9.17, 15) is 0 Å². The van der Waals surface area contributed by atoms with Crippen molar-refractivity contribution in [3.05, 3.63) is 53.7 Å². The summed E-state index contributed by atoms with van der Waals surface area (Å²) in [6, 6.07) is 13.2. The molecule has 2 aromatic rings. The lowest BCUT2D eigenvalue weighted by molar-refractivity contribution is 0.792. The van der Waals surface area contributed by atoms with Crippen LogP contribution < -0.4 is 0 Å². The Bertz CT molecular complexity index is 447. The molecule has 2 rings (SSSR count). The number of rotatable bonds is 7. The molecule has 20 heavy (non-hydrogen) atoms. The third kappa shape index (κ3) is 4.19. The van der Waals surface area contributed by atoms with Crippen molar-refractivity contribution in [3.8, 4) is 11.3 Å². The van der Waals surface area contributed by atoms with E-state index in [1.807, 2.05) is 6.20 Å². The highest BCUT2D eigenvalue weighted by molar-refractivity contribution is 5.59. The number of hydrogen-bond acceptors (Lipinski definition) is 1. The van der Waals surface area contributed by atoms with Crippen molar-refractivity contribution >= 4 is 0 Å². The molecule has 1 heteroatoms. The van der Waals surface area contributed by atoms with Gasteiger partial charge in [-0.15, -0.1) is 0 Å². The maximum atomic E-state index is 4.59. The summed E-state index contributed by atoms with van der Waals surface area (Å²) < 4.78 is 0. The first-order valence-corrected chi connectivity index (χ1v) is 7.87. The molecule has 1 aromatic heterocycles. The fourth-order valence-corrected chi connectivity index (χ4v) is 2.35. The first-order valence-electron chi connectivity index (χ1n) is 7.87. The summed E-state index contributed by atoms with van der Waals surface area (Å²) >= 11 is 0. The minimum Gasteiger partial charge on any atom is -0.256 e. The number of aromatic nitrogens is 1. The van der Waals surface area contributed by atoms with Gasteiger partial charge in [0.15, 0.2) is 0 Å². The van der Waals surface area contributed by atoms with E-state index in [4.69, 9.17) is 0 Å². The molecule has 0 atom stereocenters. The van der Waals surface area contributed by atoms with Crippen molar-refractivity contribution in [2.45, 2.75) is 52.4 Å². The van der Waals surface area contributed by atoms with Crippen LogP contribution in [0.1, 0.15) is 50.7 Å². The Hall–Kier alpha value is -1.63. The van der Waals surface area contributed by atoms with E-state index in [-0.39, 0.29) is 0 Å². The molecule has 1 heterocycles. The van der Waals surface area contributed by atoms with Crippen molar-refractivity contribution in [1.29, 1.82) is 0 Å². The molecule has 0 saturated carbocycles. The fourth-order valence-electron chi connectivity index (χ4n) is 2.35. The molecule has 0 aliphatic rings. The maximum absolute atomic E-state index is 4.59. The summed E-state index contributed by atoms with van der Waals surface area (Å²) in [6.45, 7) is 4.46. The molecular formula is C19H25N. The summed E-state index contributed by atoms with van der Waals surface area (Å²) in [4.78, 5) is 4.59. The van der Waals surface area contributed by atoms with E-state index in [0.717, 1.165) is 12.1 Å². The van der Waals surface area contributed by atoms with Crippen LogP contribution >= 0.6 is 0 Å². The Labute approximate surface area is 123 Å². The average Bonchev–Trinajstić information content (AvgIpc) is 2.52. The molecule has 0 bridgehead atoms. The van der Waals surface area contributed by atoms with Gasteiger partial charge in [-0.1, -0.05) is 57.0 Å². The smallest absolute Gasteiger partial charge is 0.0702 e. The molecular weight excluding hydrogens is 242 g/mol. The summed E-state index contributed by atoms with van der Waals surface area (Å²) in [5, 5.41) is 0. The van der Waals surface area contributed by atoms with E-state index < -0.39 is 0 Å². The minimum atomic E-state index is 1.08. The predicted octanol–water partition coefficient (Wildman–Crippen LogP) is 5.43. The molecule has 0 amide bonds. The van der Waals surface area contributed by atoms with Gasteiger partial charge in [0.25, 0.3) is 0 Å². The largest absolute Gasteiger partial charge is 0.256 e. The quantitative estimate of drug-likeness (QED) is 0.651. The number of aryl methyl sites for hydroxylation is 2. The molecule has 0 N–H and O–H groups in total. The zero-order valence-corrected chi connectivity index (χ0v) is 12.7. The van der Waals surface area contributed by atoms with Crippen molar-refractivity contribution < 1.29 is 0 Å². The van der Waals surface area contributed by atoms with Crippen molar-refractivity contribution in [1.82, 2.24) is 4.98 Å². The van der Waals surface area contributed by atoms with Gasteiger partial charge < -0.3 is 0 Å². The van der Waals surface area contributed by atoms with Crippen LogP contribution in [0.5, 0.6) is 0 Å². The van der Waals surface area contributed by atoms with Crippen LogP contribution in [0.2, 0.25) is 0 Å². The molecule has 0 aliphatic carbocycles. The number of benzene rings is 1. The molecule has 0 aliphatic heterocycles. The Morgan fingerprint density at radius 1 is 0.750 bits per heavy atom. The second kappa shape index (κ2) is 7.84. The molecule has 1 aromatic carbocycles. The van der Waals surface area contributed by atoms with Gasteiger partial charge in [-0.3, -0.25) is 4.98 Å². The van der Waals surface area contributed by atoms with Crippen LogP contribution in [0, 0.1) is 0 Å². The minimum absolute atomic E-state index is 1.08. The summed E-state index contributed by atoms with van der Waals surface area (Å²) in [6.07, 6.45) is 9.34. The van der Waals surface area contributed by atoms with Crippen LogP contribution in [0.15, 0.2) is 42.6 Å². The molecule has 0 radical (unpaired) electrons. The number of hydrogen-bond donors (Lipinski definition) is 0. The molecule has 0 spiro atoms. The van der Waals surface area contributed by atoms with Crippen molar-refractivity contribution in [3.63, 3.8) is 0 Å². The SMILES string of the molecule is CCCCc1ccc(-c2ccc(CCCC)cn2)cc1. The molecule has 0 saturated heterocycles. The van der Waals surface area contributed by atoms with E-state index in [2.05, 4.69) is 55.2 Å². The lowest BCUT2D eigenvalue weighted by atomic mass is 10.0. The summed E-state index contributed by atoms with van der Waals surface area (Å²) in [5.74, 6) is 0. The first kappa shape index (κ1) is 14.8. The van der Waals surface area contributed by atoms with Crippen LogP contribution in [-0.2, 0) is 12.8 Å². The number of pyridine rings is 1. The van der Waals surface area contributed by atoms with Gasteiger partial charge in [-0.2, -0.15) is 0 Å². The van der Waals surface area contributed by atoms with E-state index >= 15 is 0 Å². The fraction of sp³-hybridized carbons (Fsp3) is 0.421. The normalized spacial score (nSPS) is 10.7. The average molecular weight is 267 g/mol. The Kier molecular flexibility index (Phi) is 5.79. The zero-order valence-electron chi connectivity index (χ0n) is 12.7. The monoisotopic (exact) mass is 267 g/mol. The Morgan fingerprint density at radius 3 is 1.90 bits per heavy atom. The standard InChI is InChI=1S/C19H25N/c1-3-5-7-16-9-12-18(13-10-16)19-14-11-17(15-20-19)8-6-4-2/h9-15H,3-8H2,1-2H3. The Morgan fingerprint density at radius 2 is 1.35 bits per heavy atom. The molecule has 0 unspecified atom stereocenters. The topological polar surface area (TPSA) is 12.9 Å². The van der Waals surface area contributed by atoms with Crippen LogP contribution in [0.3, 0.4) is 0 Å². The highest BCUT2D eigenvalue weighted by Gasteiger charge is 2.00. The zero-order chi connectivity index (χ0) is 14.2. The van der Waals surface area contributed by atoms with Gasteiger partial charge in [0, 0.05) is 11.8 Å². The molecule has 0 fully saturated rings. The van der Waals surface area contributed by atoms with E-state index in [0.29, 0.717) is 0 Å². The van der Waals surface area contributed by atoms with Gasteiger partial charge in [0.05, 0.1) is 5.69 Å². The number of unbranched alkanes of at least 4 members (excludes halogenated alkanes) is 2. The van der Waals surface area contributed by atoms with Crippen LogP contribution in [-0.4, -0.2) is 4.98 Å². The second-order valence-electron chi connectivity index (χ2n) is 5.46. The van der Waals surface area contributed by atoms with E-state index in [1.165, 1.54) is 48.8 Å². The van der Waals surface area contributed by atoms with Crippen LogP contribution in [0.25, 0.3) is 11.3 Å². The van der Waals surface area contributed by atoms with Gasteiger partial charge >= 0.3 is 0 Å². The third-order valence-electron chi connectivity index (χ3n) is 3.71. The maximum Gasteiger partial charge on any atom is 0.0702 e. The Balaban J connectivity index is 2.03. The number of nitrogens with zero attached hydrogens (tertiary/aromatic N) is 1. The van der Waals surface area contributed by atoms with Gasteiger partial charge in [0.2, 0.25) is 0 Å². The molecule has 106 valence electrons. The highest BCUT2D eigenvalue weighted by Crippen LogP contribution is 2.19. The molecule has 1 nitrogen and oxygen atoms in total. The lowest BCUT2D eigenvalue weighted by Gasteiger charge is -2.05. The van der Waals surface area contributed by atoms with Gasteiger partial charge in [-0.25, -0.2) is 0 Å². The van der Waals surface area contributed by atoms with Gasteiger partial charge in [-0.05, 0) is 42.9 Å². The first-order chi connectivity index (χ1) is 9.83. The highest BCUT2D eigenvalue weighted by atomic mass is 14.7. The summed E-state index contributed by atoms with van der Waals surface area (Å²) in [5.41, 5.74) is 5.06. The van der Waals surface area contributed by atoms with Crippen molar-refractivity contribution in [2.24, 2.45) is 0 Å². The summed E-state index contributed by atoms with van der Waals surface area (Å²) in [7, 11) is 0.